The van der Waals surface area contributed by atoms with E-state index in [4.69, 9.17) is 16.1 Å². The van der Waals surface area contributed by atoms with Gasteiger partial charge in [0.25, 0.3) is 5.91 Å². The Morgan fingerprint density at radius 3 is 2.59 bits per heavy atom. The van der Waals surface area contributed by atoms with Crippen LogP contribution in [0.4, 0.5) is 0 Å². The van der Waals surface area contributed by atoms with Gasteiger partial charge in [-0.05, 0) is 63.1 Å². The van der Waals surface area contributed by atoms with Crippen LogP contribution >= 0.6 is 35.3 Å². The third-order valence-electron chi connectivity index (χ3n) is 6.67. The van der Waals surface area contributed by atoms with Gasteiger partial charge in [-0.25, -0.2) is 4.79 Å². The van der Waals surface area contributed by atoms with E-state index in [0.717, 1.165) is 36.3 Å². The molecule has 4 aromatic rings. The molecule has 1 aliphatic rings. The Balaban J connectivity index is 0.00000320. The van der Waals surface area contributed by atoms with Crippen LogP contribution in [0.3, 0.4) is 0 Å². The van der Waals surface area contributed by atoms with Crippen LogP contribution < -0.4 is 5.32 Å². The fraction of sp³-hybridized carbons (Fsp3) is 0.346. The fourth-order valence-corrected chi connectivity index (χ4v) is 5.68. The number of hydrogen-bond donors (Lipinski definition) is 2. The monoisotopic (exact) mass is 562 g/mol. The van der Waals surface area contributed by atoms with Crippen LogP contribution in [0.5, 0.6) is 0 Å². The van der Waals surface area contributed by atoms with Gasteiger partial charge in [-0.15, -0.1) is 23.7 Å². The highest BCUT2D eigenvalue weighted by Gasteiger charge is 2.25. The predicted molar refractivity (Wildman–Crippen MR) is 147 cm³/mol. The van der Waals surface area contributed by atoms with E-state index in [0.29, 0.717) is 39.5 Å². The molecule has 1 aromatic carbocycles. The zero-order valence-electron chi connectivity index (χ0n) is 20.4. The molecule has 4 heterocycles. The number of aromatic nitrogens is 2. The first-order valence-corrected chi connectivity index (χ1v) is 13.1. The van der Waals surface area contributed by atoms with E-state index in [2.05, 4.69) is 29.2 Å². The molecular weight excluding hydrogens is 535 g/mol. The minimum atomic E-state index is -1.01. The summed E-state index contributed by atoms with van der Waals surface area (Å²) in [5, 5.41) is 17.5. The van der Waals surface area contributed by atoms with Gasteiger partial charge < -0.3 is 24.4 Å². The topological polar surface area (TPSA) is 101 Å². The first kappa shape index (κ1) is 27.2. The molecule has 2 N–H and O–H groups in total. The number of carboxylic acids is 1. The van der Waals surface area contributed by atoms with Gasteiger partial charge in [0.1, 0.15) is 11.4 Å². The zero-order valence-corrected chi connectivity index (χ0v) is 22.8. The summed E-state index contributed by atoms with van der Waals surface area (Å²) < 4.78 is 8.05. The maximum Gasteiger partial charge on any atom is 0.335 e. The molecule has 11 heteroatoms. The molecule has 1 amide bonds. The molecule has 0 radical (unpaired) electrons. The summed E-state index contributed by atoms with van der Waals surface area (Å²) in [7, 11) is 0. The summed E-state index contributed by atoms with van der Waals surface area (Å²) in [6.07, 6.45) is 1.78. The van der Waals surface area contributed by atoms with E-state index in [1.165, 1.54) is 11.3 Å². The molecule has 0 unspecified atom stereocenters. The molecule has 196 valence electrons. The average Bonchev–Trinajstić information content (AvgIpc) is 3.58. The zero-order chi connectivity index (χ0) is 25.4. The molecule has 0 atom stereocenters. The van der Waals surface area contributed by atoms with Crippen LogP contribution in [0.2, 0.25) is 4.34 Å². The number of halogens is 2. The maximum atomic E-state index is 13.4. The highest BCUT2D eigenvalue weighted by atomic mass is 35.5. The Kier molecular flexibility index (Phi) is 8.28. The number of amides is 1. The number of hydrogen-bond acceptors (Lipinski definition) is 6. The predicted octanol–water partition coefficient (Wildman–Crippen LogP) is 5.78. The number of piperidine rings is 1. The van der Waals surface area contributed by atoms with Crippen molar-refractivity contribution in [3.63, 3.8) is 0 Å². The number of carbonyl (C=O) groups is 2. The molecule has 8 nitrogen and oxygen atoms in total. The lowest BCUT2D eigenvalue weighted by atomic mass is 10.0. The molecule has 5 rings (SSSR count). The normalized spacial score (nSPS) is 14.7. The molecule has 1 saturated heterocycles. The van der Waals surface area contributed by atoms with E-state index in [9.17, 15) is 14.7 Å². The summed E-state index contributed by atoms with van der Waals surface area (Å²) in [6, 6.07) is 12.7. The number of likely N-dealkylation sites (tertiary alicyclic amines) is 1. The van der Waals surface area contributed by atoms with Crippen LogP contribution in [0, 0.1) is 0 Å². The SMILES string of the molecule is CC(C)N1CCC(NC(=O)c2cc3cc(C(=O)O)ccc3n2Cc2cc(-c3ccc(Cl)s3)on2)CC1.Cl. The molecule has 37 heavy (non-hydrogen) atoms. The van der Waals surface area contributed by atoms with E-state index in [-0.39, 0.29) is 29.9 Å². The van der Waals surface area contributed by atoms with Crippen LogP contribution in [-0.4, -0.2) is 56.8 Å². The molecule has 3 aromatic heterocycles. The van der Waals surface area contributed by atoms with Crippen molar-refractivity contribution in [1.82, 2.24) is 19.9 Å². The van der Waals surface area contributed by atoms with E-state index in [1.54, 1.807) is 30.3 Å². The third-order valence-corrected chi connectivity index (χ3v) is 7.92. The molecule has 0 saturated carbocycles. The Bertz CT molecular complexity index is 1420. The van der Waals surface area contributed by atoms with Crippen LogP contribution in [0.25, 0.3) is 21.5 Å². The van der Waals surface area contributed by atoms with Gasteiger partial charge in [0.05, 0.1) is 21.3 Å². The van der Waals surface area contributed by atoms with Crippen LogP contribution in [0.1, 0.15) is 53.2 Å². The number of carboxylic acid groups (broad SMARTS) is 1. The summed E-state index contributed by atoms with van der Waals surface area (Å²) >= 11 is 7.45. The summed E-state index contributed by atoms with van der Waals surface area (Å²) in [4.78, 5) is 28.2. The quantitative estimate of drug-likeness (QED) is 0.296. The average molecular weight is 564 g/mol. The second kappa shape index (κ2) is 11.3. The van der Waals surface area contributed by atoms with Crippen molar-refractivity contribution in [2.24, 2.45) is 0 Å². The van der Waals surface area contributed by atoms with Crippen molar-refractivity contribution < 1.29 is 19.2 Å². The lowest BCUT2D eigenvalue weighted by molar-refractivity contribution is 0.0696. The van der Waals surface area contributed by atoms with Gasteiger partial charge in [0, 0.05) is 42.1 Å². The van der Waals surface area contributed by atoms with Crippen molar-refractivity contribution in [2.75, 3.05) is 13.1 Å². The Labute approximate surface area is 229 Å². The van der Waals surface area contributed by atoms with Gasteiger partial charge in [-0.3, -0.25) is 4.79 Å². The number of nitrogens with one attached hydrogen (secondary N) is 1. The summed E-state index contributed by atoms with van der Waals surface area (Å²) in [5.74, 6) is -0.586. The lowest BCUT2D eigenvalue weighted by Gasteiger charge is -2.34. The third kappa shape index (κ3) is 5.85. The summed E-state index contributed by atoms with van der Waals surface area (Å²) in [6.45, 7) is 6.56. The molecule has 0 aliphatic carbocycles. The number of fused-ring (bicyclic) bond motifs is 1. The molecular formula is C26H28Cl2N4O4S. The van der Waals surface area contributed by atoms with Crippen LogP contribution in [0.15, 0.2) is 47.0 Å². The fourth-order valence-electron chi connectivity index (χ4n) is 4.69. The second-order valence-electron chi connectivity index (χ2n) is 9.36. The minimum absolute atomic E-state index is 0. The number of carbonyl (C=O) groups excluding carboxylic acids is 1. The number of rotatable bonds is 7. The molecule has 0 bridgehead atoms. The van der Waals surface area contributed by atoms with Crippen molar-refractivity contribution in [1.29, 1.82) is 0 Å². The Hall–Kier alpha value is -2.85. The molecule has 0 spiro atoms. The van der Waals surface area contributed by atoms with Crippen molar-refractivity contribution in [2.45, 2.75) is 45.3 Å². The first-order valence-electron chi connectivity index (χ1n) is 11.9. The highest BCUT2D eigenvalue weighted by molar-refractivity contribution is 7.19. The molecule has 1 aliphatic heterocycles. The van der Waals surface area contributed by atoms with Crippen molar-refractivity contribution in [3.8, 4) is 10.6 Å². The Morgan fingerprint density at radius 1 is 1.19 bits per heavy atom. The second-order valence-corrected chi connectivity index (χ2v) is 11.1. The van der Waals surface area contributed by atoms with Gasteiger partial charge in [0.15, 0.2) is 5.76 Å². The minimum Gasteiger partial charge on any atom is -0.478 e. The van der Waals surface area contributed by atoms with Crippen molar-refractivity contribution >= 4 is 58.1 Å². The van der Waals surface area contributed by atoms with Crippen LogP contribution in [-0.2, 0) is 6.54 Å². The number of aromatic carboxylic acids is 1. The van der Waals surface area contributed by atoms with Gasteiger partial charge >= 0.3 is 5.97 Å². The first-order chi connectivity index (χ1) is 17.3. The van der Waals surface area contributed by atoms with Gasteiger partial charge in [0.2, 0.25) is 0 Å². The number of nitrogens with zero attached hydrogens (tertiary/aromatic N) is 3. The number of thiophene rings is 1. The smallest absolute Gasteiger partial charge is 0.335 e. The largest absolute Gasteiger partial charge is 0.478 e. The summed E-state index contributed by atoms with van der Waals surface area (Å²) in [5.41, 5.74) is 2.03. The maximum absolute atomic E-state index is 13.4. The van der Waals surface area contributed by atoms with E-state index < -0.39 is 5.97 Å². The van der Waals surface area contributed by atoms with E-state index in [1.807, 2.05) is 16.7 Å². The number of benzene rings is 1. The van der Waals surface area contributed by atoms with E-state index >= 15 is 0 Å². The Morgan fingerprint density at radius 2 is 1.95 bits per heavy atom. The van der Waals surface area contributed by atoms with Gasteiger partial charge in [-0.1, -0.05) is 16.8 Å². The van der Waals surface area contributed by atoms with Crippen molar-refractivity contribution in [3.05, 3.63) is 63.8 Å². The van der Waals surface area contributed by atoms with Gasteiger partial charge in [-0.2, -0.15) is 0 Å². The molecule has 1 fully saturated rings. The lowest BCUT2D eigenvalue weighted by Crippen LogP contribution is -2.46. The standard InChI is InChI=1S/C26H27ClN4O4S.ClH/c1-15(2)30-9-7-18(8-10-30)28-25(32)21-12-17-11-16(26(33)34)3-4-20(17)31(21)14-19-13-22(35-29-19)23-5-6-24(27)36-23;/h3-6,11-13,15,18H,7-10,14H2,1-2H3,(H,28,32)(H,33,34);1H. The highest BCUT2D eigenvalue weighted by Crippen LogP contribution is 2.32.